The van der Waals surface area contributed by atoms with Crippen LogP contribution in [0.4, 0.5) is 0 Å². The fourth-order valence-electron chi connectivity index (χ4n) is 6.18. The van der Waals surface area contributed by atoms with Crippen molar-refractivity contribution in [2.75, 3.05) is 0 Å². The van der Waals surface area contributed by atoms with E-state index in [0.717, 1.165) is 0 Å². The minimum Gasteiger partial charge on any atom is -0.508 e. The molecule has 6 atom stereocenters. The van der Waals surface area contributed by atoms with Crippen molar-refractivity contribution in [3.05, 3.63) is 59.1 Å². The molecule has 3 saturated carbocycles. The fourth-order valence-corrected chi connectivity index (χ4v) is 6.18. The second-order valence-electron chi connectivity index (χ2n) is 10.2. The Balaban J connectivity index is 2.36. The summed E-state index contributed by atoms with van der Waals surface area (Å²) in [5.74, 6) is -7.69. The van der Waals surface area contributed by atoms with Crippen molar-refractivity contribution in [2.24, 2.45) is 23.2 Å². The molecular weight excluding hydrogens is 464 g/mol. The summed E-state index contributed by atoms with van der Waals surface area (Å²) in [5.41, 5.74) is -6.38. The van der Waals surface area contributed by atoms with Gasteiger partial charge in [-0.15, -0.1) is 0 Å². The normalized spacial score (nSPS) is 38.2. The van der Waals surface area contributed by atoms with Gasteiger partial charge in [-0.25, -0.2) is 4.79 Å². The summed E-state index contributed by atoms with van der Waals surface area (Å²) in [5, 5.41) is 33.5. The molecule has 0 aromatic carbocycles. The van der Waals surface area contributed by atoms with Crippen LogP contribution < -0.4 is 0 Å². The van der Waals surface area contributed by atoms with Gasteiger partial charge in [0, 0.05) is 29.7 Å². The van der Waals surface area contributed by atoms with Crippen molar-refractivity contribution in [1.29, 1.82) is 0 Å². The largest absolute Gasteiger partial charge is 0.508 e. The van der Waals surface area contributed by atoms with Crippen LogP contribution in [0.25, 0.3) is 0 Å². The molecule has 8 nitrogen and oxygen atoms in total. The predicted octanol–water partition coefficient (Wildman–Crippen LogP) is 3.78. The Hall–Kier alpha value is -3.26. The lowest BCUT2D eigenvalue weighted by Gasteiger charge is -2.61. The smallest absolute Gasteiger partial charge is 0.338 e. The second-order valence-corrected chi connectivity index (χ2v) is 10.2. The molecule has 8 heteroatoms. The van der Waals surface area contributed by atoms with Crippen LogP contribution in [0, 0.1) is 23.2 Å². The Morgan fingerprint density at radius 3 is 2.25 bits per heavy atom. The van der Waals surface area contributed by atoms with E-state index in [1.54, 1.807) is 38.2 Å². The highest BCUT2D eigenvalue weighted by molar-refractivity contribution is 6.23. The summed E-state index contributed by atoms with van der Waals surface area (Å²) < 4.78 is 5.61. The van der Waals surface area contributed by atoms with Gasteiger partial charge in [-0.05, 0) is 54.0 Å². The van der Waals surface area contributed by atoms with Crippen molar-refractivity contribution >= 4 is 23.3 Å². The molecule has 4 aliphatic rings. The number of hydrogen-bond donors (Lipinski definition) is 3. The predicted molar refractivity (Wildman–Crippen MR) is 132 cm³/mol. The third-order valence-electron chi connectivity index (χ3n) is 7.95. The van der Waals surface area contributed by atoms with E-state index in [2.05, 4.69) is 0 Å². The first-order valence-corrected chi connectivity index (χ1v) is 12.0. The molecule has 2 bridgehead atoms. The summed E-state index contributed by atoms with van der Waals surface area (Å²) in [6, 6.07) is 0. The van der Waals surface area contributed by atoms with Crippen LogP contribution in [0.15, 0.2) is 59.1 Å². The number of ether oxygens (including phenoxy) is 1. The Morgan fingerprint density at radius 2 is 1.72 bits per heavy atom. The molecule has 0 aromatic rings. The molecule has 36 heavy (non-hydrogen) atoms. The minimum atomic E-state index is -2.20. The first-order valence-electron chi connectivity index (χ1n) is 12.0. The lowest BCUT2D eigenvalue weighted by Crippen LogP contribution is -2.75. The van der Waals surface area contributed by atoms with Crippen LogP contribution in [0.5, 0.6) is 0 Å². The first kappa shape index (κ1) is 27.3. The van der Waals surface area contributed by atoms with Gasteiger partial charge in [-0.3, -0.25) is 14.4 Å². The zero-order chi connectivity index (χ0) is 27.2. The summed E-state index contributed by atoms with van der Waals surface area (Å²) >= 11 is 0. The number of esters is 1. The van der Waals surface area contributed by atoms with Crippen molar-refractivity contribution in [3.63, 3.8) is 0 Å². The average Bonchev–Trinajstić information content (AvgIpc) is 3.01. The molecular formula is C28H34O8. The van der Waals surface area contributed by atoms with Crippen LogP contribution in [0.2, 0.25) is 0 Å². The number of ketones is 3. The van der Waals surface area contributed by atoms with E-state index >= 15 is 0 Å². The SMILES string of the molecule is CC=CC=CC(O)=C1C(=O)C2(C)C(=O)C(C)(O)C1C(C1(C)OC(=O)C(C)=C1O)C2C(=O)CCC=CC. The molecule has 4 rings (SSSR count). The van der Waals surface area contributed by atoms with Crippen molar-refractivity contribution in [3.8, 4) is 0 Å². The van der Waals surface area contributed by atoms with Crippen LogP contribution in [0.3, 0.4) is 0 Å². The van der Waals surface area contributed by atoms with Gasteiger partial charge < -0.3 is 20.1 Å². The molecule has 0 amide bonds. The maximum Gasteiger partial charge on any atom is 0.338 e. The Bertz CT molecular complexity index is 1160. The van der Waals surface area contributed by atoms with E-state index in [9.17, 15) is 34.5 Å². The fraction of sp³-hybridized carbons (Fsp3) is 0.500. The van der Waals surface area contributed by atoms with E-state index in [4.69, 9.17) is 4.74 Å². The van der Waals surface area contributed by atoms with Gasteiger partial charge in [-0.2, -0.15) is 0 Å². The van der Waals surface area contributed by atoms with E-state index in [-0.39, 0.29) is 17.6 Å². The van der Waals surface area contributed by atoms with Gasteiger partial charge in [0.25, 0.3) is 0 Å². The van der Waals surface area contributed by atoms with E-state index in [0.29, 0.717) is 6.42 Å². The Morgan fingerprint density at radius 1 is 1.08 bits per heavy atom. The van der Waals surface area contributed by atoms with E-state index in [1.165, 1.54) is 39.8 Å². The zero-order valence-electron chi connectivity index (χ0n) is 21.5. The second kappa shape index (κ2) is 9.32. The third kappa shape index (κ3) is 3.70. The molecule has 0 radical (unpaired) electrons. The Kier molecular flexibility index (Phi) is 7.07. The number of rotatable bonds is 7. The summed E-state index contributed by atoms with van der Waals surface area (Å²) in [6.45, 7) is 8.87. The van der Waals surface area contributed by atoms with Crippen molar-refractivity contribution < 1.29 is 39.2 Å². The van der Waals surface area contributed by atoms with Gasteiger partial charge in [-0.1, -0.05) is 30.4 Å². The topological polar surface area (TPSA) is 138 Å². The number of aliphatic hydroxyl groups is 3. The highest BCUT2D eigenvalue weighted by Crippen LogP contribution is 2.64. The van der Waals surface area contributed by atoms with E-state index < -0.39 is 69.2 Å². The number of carbonyl (C=O) groups excluding carboxylic acids is 4. The lowest BCUT2D eigenvalue weighted by molar-refractivity contribution is -0.204. The van der Waals surface area contributed by atoms with Crippen molar-refractivity contribution in [2.45, 2.75) is 65.6 Å². The highest BCUT2D eigenvalue weighted by Gasteiger charge is 2.77. The molecule has 194 valence electrons. The number of fused-ring (bicyclic) bond motifs is 3. The number of Topliss-reactive ketones (excluding diaryl/α,β-unsaturated/α-hetero) is 3. The number of aliphatic hydroxyl groups excluding tert-OH is 2. The van der Waals surface area contributed by atoms with Gasteiger partial charge in [0.1, 0.15) is 28.3 Å². The quantitative estimate of drug-likeness (QED) is 0.120. The minimum absolute atomic E-state index is 0.00374. The number of cyclic esters (lactones) is 1. The zero-order valence-corrected chi connectivity index (χ0v) is 21.5. The molecule has 0 saturated heterocycles. The number of hydrogen-bond acceptors (Lipinski definition) is 8. The molecule has 0 aromatic heterocycles. The lowest BCUT2D eigenvalue weighted by atomic mass is 9.40. The monoisotopic (exact) mass is 498 g/mol. The molecule has 6 unspecified atom stereocenters. The number of allylic oxidation sites excluding steroid dienone is 6. The maximum absolute atomic E-state index is 13.9. The summed E-state index contributed by atoms with van der Waals surface area (Å²) in [4.78, 5) is 53.6. The van der Waals surface area contributed by atoms with Crippen LogP contribution in [-0.2, 0) is 23.9 Å². The molecule has 3 N–H and O–H groups in total. The summed E-state index contributed by atoms with van der Waals surface area (Å²) in [7, 11) is 0. The molecule has 3 fully saturated rings. The Labute approximate surface area is 210 Å². The van der Waals surface area contributed by atoms with Crippen LogP contribution in [-0.4, -0.2) is 49.8 Å². The maximum atomic E-state index is 13.9. The molecule has 3 aliphatic carbocycles. The van der Waals surface area contributed by atoms with Crippen molar-refractivity contribution in [1.82, 2.24) is 0 Å². The van der Waals surface area contributed by atoms with Gasteiger partial charge in [0.05, 0.1) is 5.57 Å². The number of carbonyl (C=O) groups is 4. The average molecular weight is 499 g/mol. The van der Waals surface area contributed by atoms with Crippen LogP contribution >= 0.6 is 0 Å². The molecule has 1 aliphatic heterocycles. The van der Waals surface area contributed by atoms with E-state index in [1.807, 2.05) is 0 Å². The van der Waals surface area contributed by atoms with Gasteiger partial charge in [0.2, 0.25) is 0 Å². The summed E-state index contributed by atoms with van der Waals surface area (Å²) in [6.07, 6.45) is 9.98. The molecule has 0 spiro atoms. The molecule has 1 heterocycles. The van der Waals surface area contributed by atoms with Gasteiger partial charge in [0.15, 0.2) is 17.2 Å². The first-order chi connectivity index (χ1) is 16.7. The van der Waals surface area contributed by atoms with Gasteiger partial charge >= 0.3 is 5.97 Å². The third-order valence-corrected chi connectivity index (χ3v) is 7.95. The van der Waals surface area contributed by atoms with Crippen LogP contribution in [0.1, 0.15) is 54.4 Å². The highest BCUT2D eigenvalue weighted by atomic mass is 16.6. The standard InChI is InChI=1S/C28H34O8/c1-7-9-11-13-16(29)18-20-21(28(6)22(31)15(3)24(33)36-28)19(17(30)14-12-10-8-2)26(4,23(18)32)25(34)27(20,5)35/h7-11,13,19-21,29,31,35H,12,14H2,1-6H3.